The molecule has 1 atom stereocenters. The first kappa shape index (κ1) is 18.7. The number of rotatable bonds is 7. The molecule has 0 saturated carbocycles. The zero-order valence-corrected chi connectivity index (χ0v) is 15.6. The lowest BCUT2D eigenvalue weighted by atomic mass is 10.0. The van der Waals surface area contributed by atoms with Crippen LogP contribution in [-0.4, -0.2) is 22.9 Å². The number of esters is 1. The lowest BCUT2D eigenvalue weighted by molar-refractivity contribution is -0.150. The number of hydrogen-bond acceptors (Lipinski definition) is 3. The van der Waals surface area contributed by atoms with E-state index in [0.29, 0.717) is 0 Å². The Balaban J connectivity index is 1.61. The van der Waals surface area contributed by atoms with Crippen molar-refractivity contribution in [3.8, 4) is 0 Å². The minimum absolute atomic E-state index is 0.0693. The maximum absolute atomic E-state index is 12.5. The summed E-state index contributed by atoms with van der Waals surface area (Å²) in [4.78, 5) is 28.1. The van der Waals surface area contributed by atoms with Crippen molar-refractivity contribution in [3.05, 3.63) is 71.9 Å². The molecule has 3 aromatic rings. The molecule has 140 valence electrons. The fourth-order valence-corrected chi connectivity index (χ4v) is 2.99. The fourth-order valence-electron chi connectivity index (χ4n) is 2.99. The van der Waals surface area contributed by atoms with Gasteiger partial charge in [0.2, 0.25) is 5.91 Å². The number of aromatic nitrogens is 1. The normalized spacial score (nSPS) is 12.1. The van der Waals surface area contributed by atoms with E-state index in [2.05, 4.69) is 10.3 Å². The number of carbonyl (C=O) groups is 2. The van der Waals surface area contributed by atoms with Gasteiger partial charge in [-0.3, -0.25) is 4.79 Å². The number of carbonyl (C=O) groups excluding carboxylic acids is 2. The number of para-hydroxylation sites is 1. The van der Waals surface area contributed by atoms with Crippen molar-refractivity contribution in [2.24, 2.45) is 5.92 Å². The first-order chi connectivity index (χ1) is 13.0. The third-order valence-electron chi connectivity index (χ3n) is 4.49. The Morgan fingerprint density at radius 2 is 1.74 bits per heavy atom. The molecular weight excluding hydrogens is 340 g/mol. The summed E-state index contributed by atoms with van der Waals surface area (Å²) in [6.45, 7) is 3.97. The number of hydrogen-bond donors (Lipinski definition) is 2. The molecule has 0 aliphatic heterocycles. The Bertz CT molecular complexity index is 915. The number of nitrogens with one attached hydrogen (secondary N) is 2. The van der Waals surface area contributed by atoms with Gasteiger partial charge in [-0.25, -0.2) is 4.79 Å². The van der Waals surface area contributed by atoms with Crippen LogP contribution >= 0.6 is 0 Å². The Morgan fingerprint density at radius 1 is 1.04 bits per heavy atom. The van der Waals surface area contributed by atoms with Gasteiger partial charge in [0.25, 0.3) is 0 Å². The van der Waals surface area contributed by atoms with Crippen LogP contribution in [0.5, 0.6) is 0 Å². The molecule has 1 aromatic heterocycles. The van der Waals surface area contributed by atoms with Gasteiger partial charge in [-0.2, -0.15) is 0 Å². The molecule has 0 spiro atoms. The van der Waals surface area contributed by atoms with Gasteiger partial charge in [-0.1, -0.05) is 62.4 Å². The zero-order chi connectivity index (χ0) is 19.2. The standard InChI is InChI=1S/C22H24N2O3/c1-15(2)21(22(26)27-14-16-8-4-3-5-9-16)24-20(25)12-17-13-23-19-11-7-6-10-18(17)19/h3-11,13,15,21,23H,12,14H2,1-2H3,(H,24,25)/t21-/m0/s1. The minimum atomic E-state index is -0.675. The largest absolute Gasteiger partial charge is 0.459 e. The second-order valence-electron chi connectivity index (χ2n) is 6.92. The molecule has 0 bridgehead atoms. The van der Waals surface area contributed by atoms with E-state index in [1.54, 1.807) is 0 Å². The van der Waals surface area contributed by atoms with E-state index in [9.17, 15) is 9.59 Å². The van der Waals surface area contributed by atoms with Gasteiger partial charge < -0.3 is 15.0 Å². The molecule has 0 unspecified atom stereocenters. The highest BCUT2D eigenvalue weighted by atomic mass is 16.5. The molecule has 0 aliphatic carbocycles. The predicted octanol–water partition coefficient (Wildman–Crippen LogP) is 3.59. The number of benzene rings is 2. The van der Waals surface area contributed by atoms with Crippen LogP contribution in [0.4, 0.5) is 0 Å². The van der Waals surface area contributed by atoms with Crippen molar-refractivity contribution in [3.63, 3.8) is 0 Å². The third kappa shape index (κ3) is 4.76. The Morgan fingerprint density at radius 3 is 2.48 bits per heavy atom. The highest BCUT2D eigenvalue weighted by Gasteiger charge is 2.26. The van der Waals surface area contributed by atoms with Crippen LogP contribution in [0.1, 0.15) is 25.0 Å². The zero-order valence-electron chi connectivity index (χ0n) is 15.6. The van der Waals surface area contributed by atoms with E-state index in [0.717, 1.165) is 22.0 Å². The molecule has 1 amide bonds. The SMILES string of the molecule is CC(C)[C@H](NC(=O)Cc1c[nH]c2ccccc12)C(=O)OCc1ccccc1. The molecular formula is C22H24N2O3. The summed E-state index contributed by atoms with van der Waals surface area (Å²) in [5.41, 5.74) is 2.81. The van der Waals surface area contributed by atoms with E-state index in [1.165, 1.54) is 0 Å². The molecule has 5 nitrogen and oxygen atoms in total. The molecule has 27 heavy (non-hydrogen) atoms. The number of aromatic amines is 1. The first-order valence-corrected chi connectivity index (χ1v) is 9.09. The third-order valence-corrected chi connectivity index (χ3v) is 4.49. The highest BCUT2D eigenvalue weighted by Crippen LogP contribution is 2.18. The van der Waals surface area contributed by atoms with Gasteiger partial charge in [0, 0.05) is 17.1 Å². The van der Waals surface area contributed by atoms with Crippen LogP contribution in [0.25, 0.3) is 10.9 Å². The molecule has 1 heterocycles. The van der Waals surface area contributed by atoms with Gasteiger partial charge >= 0.3 is 5.97 Å². The summed E-state index contributed by atoms with van der Waals surface area (Å²) in [6, 6.07) is 16.6. The number of fused-ring (bicyclic) bond motifs is 1. The van der Waals surface area contributed by atoms with Crippen LogP contribution < -0.4 is 5.32 Å². The summed E-state index contributed by atoms with van der Waals surface area (Å²) in [5.74, 6) is -0.684. The van der Waals surface area contributed by atoms with Crippen molar-refractivity contribution in [1.29, 1.82) is 0 Å². The van der Waals surface area contributed by atoms with Gasteiger partial charge in [0.15, 0.2) is 0 Å². The van der Waals surface area contributed by atoms with Crippen LogP contribution in [0.2, 0.25) is 0 Å². The molecule has 3 rings (SSSR count). The molecule has 0 saturated heterocycles. The second kappa shape index (κ2) is 8.54. The quantitative estimate of drug-likeness (QED) is 0.629. The maximum Gasteiger partial charge on any atom is 0.329 e. The van der Waals surface area contributed by atoms with Crippen molar-refractivity contribution < 1.29 is 14.3 Å². The topological polar surface area (TPSA) is 71.2 Å². The molecule has 0 radical (unpaired) electrons. The number of amides is 1. The van der Waals surface area contributed by atoms with E-state index < -0.39 is 12.0 Å². The first-order valence-electron chi connectivity index (χ1n) is 9.09. The molecule has 2 aromatic carbocycles. The average molecular weight is 364 g/mol. The van der Waals surface area contributed by atoms with E-state index in [1.807, 2.05) is 74.6 Å². The van der Waals surface area contributed by atoms with Crippen LogP contribution in [0.15, 0.2) is 60.8 Å². The van der Waals surface area contributed by atoms with E-state index in [-0.39, 0.29) is 24.9 Å². The predicted molar refractivity (Wildman–Crippen MR) is 105 cm³/mol. The fraction of sp³-hybridized carbons (Fsp3) is 0.273. The minimum Gasteiger partial charge on any atom is -0.459 e. The highest BCUT2D eigenvalue weighted by molar-refractivity contribution is 5.90. The van der Waals surface area contributed by atoms with Crippen LogP contribution in [0, 0.1) is 5.92 Å². The van der Waals surface area contributed by atoms with Gasteiger partial charge in [-0.15, -0.1) is 0 Å². The van der Waals surface area contributed by atoms with Crippen molar-refractivity contribution >= 4 is 22.8 Å². The summed E-state index contributed by atoms with van der Waals surface area (Å²) in [5, 5.41) is 3.84. The van der Waals surface area contributed by atoms with Crippen LogP contribution in [0.3, 0.4) is 0 Å². The Labute approximate surface area is 158 Å². The van der Waals surface area contributed by atoms with Crippen LogP contribution in [-0.2, 0) is 27.4 Å². The monoisotopic (exact) mass is 364 g/mol. The van der Waals surface area contributed by atoms with Gasteiger partial charge in [0.1, 0.15) is 12.6 Å². The summed E-state index contributed by atoms with van der Waals surface area (Å²) >= 11 is 0. The smallest absolute Gasteiger partial charge is 0.329 e. The van der Waals surface area contributed by atoms with Gasteiger partial charge in [0.05, 0.1) is 6.42 Å². The molecule has 0 fully saturated rings. The van der Waals surface area contributed by atoms with Crippen molar-refractivity contribution in [1.82, 2.24) is 10.3 Å². The molecule has 5 heteroatoms. The molecule has 0 aliphatic rings. The Hall–Kier alpha value is -3.08. The summed E-state index contributed by atoms with van der Waals surface area (Å²) in [6.07, 6.45) is 2.04. The summed E-state index contributed by atoms with van der Waals surface area (Å²) in [7, 11) is 0. The van der Waals surface area contributed by atoms with Gasteiger partial charge in [-0.05, 0) is 23.1 Å². The number of ether oxygens (including phenoxy) is 1. The lowest BCUT2D eigenvalue weighted by Gasteiger charge is -2.21. The van der Waals surface area contributed by atoms with Crippen molar-refractivity contribution in [2.45, 2.75) is 32.9 Å². The lowest BCUT2D eigenvalue weighted by Crippen LogP contribution is -2.45. The maximum atomic E-state index is 12.5. The number of H-pyrrole nitrogens is 1. The van der Waals surface area contributed by atoms with Crippen molar-refractivity contribution in [2.75, 3.05) is 0 Å². The second-order valence-corrected chi connectivity index (χ2v) is 6.92. The average Bonchev–Trinajstić information content (AvgIpc) is 3.08. The van der Waals surface area contributed by atoms with E-state index >= 15 is 0 Å². The Kier molecular flexibility index (Phi) is 5.91. The summed E-state index contributed by atoms with van der Waals surface area (Å²) < 4.78 is 5.40. The molecule has 2 N–H and O–H groups in total. The van der Waals surface area contributed by atoms with E-state index in [4.69, 9.17) is 4.74 Å².